The quantitative estimate of drug-likeness (QED) is 0.263. The van der Waals surface area contributed by atoms with E-state index in [4.69, 9.17) is 4.42 Å². The molecule has 3 aromatic heterocycles. The van der Waals surface area contributed by atoms with Crippen LogP contribution >= 0.6 is 0 Å². The number of hydrogen-bond donors (Lipinski definition) is 0. The van der Waals surface area contributed by atoms with Gasteiger partial charge < -0.3 is 4.42 Å². The van der Waals surface area contributed by atoms with Gasteiger partial charge in [0.25, 0.3) is 5.56 Å². The first-order valence-corrected chi connectivity index (χ1v) is 11.5. The van der Waals surface area contributed by atoms with Crippen LogP contribution in [0.2, 0.25) is 0 Å². The normalized spacial score (nSPS) is 11.9. The van der Waals surface area contributed by atoms with Gasteiger partial charge in [0.1, 0.15) is 11.3 Å². The lowest BCUT2D eigenvalue weighted by atomic mass is 9.99. The van der Waals surface area contributed by atoms with Gasteiger partial charge in [0.05, 0.1) is 11.0 Å². The second kappa shape index (κ2) is 7.71. The summed E-state index contributed by atoms with van der Waals surface area (Å²) in [6.45, 7) is 13.7. The van der Waals surface area contributed by atoms with Gasteiger partial charge in [-0.1, -0.05) is 74.4 Å². The SMILES string of the molecule is C=Cc1oc2cc(-c3ccc4c(c3)c3cccc5c(C=C)c(C=C)c(=O)n4c53)ccc2c1/C=C\C. The van der Waals surface area contributed by atoms with E-state index in [2.05, 4.69) is 56.1 Å². The first-order valence-electron chi connectivity index (χ1n) is 11.5. The summed E-state index contributed by atoms with van der Waals surface area (Å²) < 4.78 is 7.90. The second-order valence-corrected chi connectivity index (χ2v) is 8.60. The fourth-order valence-electron chi connectivity index (χ4n) is 5.28. The number of fused-ring (bicyclic) bond motifs is 4. The maximum Gasteiger partial charge on any atom is 0.263 e. The predicted molar refractivity (Wildman–Crippen MR) is 150 cm³/mol. The molecule has 0 aliphatic heterocycles. The van der Waals surface area contributed by atoms with E-state index < -0.39 is 0 Å². The minimum absolute atomic E-state index is 0.0770. The summed E-state index contributed by atoms with van der Waals surface area (Å²) in [6.07, 6.45) is 9.16. The molecule has 35 heavy (non-hydrogen) atoms. The molecule has 6 aromatic rings. The first-order chi connectivity index (χ1) is 17.1. The summed E-state index contributed by atoms with van der Waals surface area (Å²) in [6, 6.07) is 18.7. The number of furan rings is 1. The van der Waals surface area contributed by atoms with E-state index in [0.717, 1.165) is 66.2 Å². The highest BCUT2D eigenvalue weighted by Crippen LogP contribution is 2.37. The van der Waals surface area contributed by atoms with Crippen LogP contribution < -0.4 is 5.56 Å². The van der Waals surface area contributed by atoms with E-state index in [1.165, 1.54) is 0 Å². The molecule has 0 fully saturated rings. The largest absolute Gasteiger partial charge is 0.456 e. The van der Waals surface area contributed by atoms with Crippen molar-refractivity contribution in [2.45, 2.75) is 6.92 Å². The Morgan fingerprint density at radius 1 is 0.771 bits per heavy atom. The van der Waals surface area contributed by atoms with Crippen molar-refractivity contribution in [2.75, 3.05) is 0 Å². The molecule has 0 radical (unpaired) electrons. The molecular formula is C32H23NO2. The van der Waals surface area contributed by atoms with Crippen LogP contribution in [0.4, 0.5) is 0 Å². The van der Waals surface area contributed by atoms with Crippen molar-refractivity contribution in [3.05, 3.63) is 113 Å². The Labute approximate surface area is 202 Å². The Bertz CT molecular complexity index is 1930. The smallest absolute Gasteiger partial charge is 0.263 e. The molecule has 168 valence electrons. The molecule has 3 aromatic carbocycles. The van der Waals surface area contributed by atoms with E-state index >= 15 is 0 Å². The van der Waals surface area contributed by atoms with Crippen molar-refractivity contribution < 1.29 is 4.42 Å². The number of aromatic nitrogens is 1. The highest BCUT2D eigenvalue weighted by molar-refractivity contribution is 6.16. The van der Waals surface area contributed by atoms with E-state index in [1.54, 1.807) is 18.2 Å². The summed E-state index contributed by atoms with van der Waals surface area (Å²) in [5, 5.41) is 4.12. The van der Waals surface area contributed by atoms with E-state index in [0.29, 0.717) is 5.56 Å². The number of rotatable bonds is 5. The molecule has 0 N–H and O–H groups in total. The topological polar surface area (TPSA) is 34.6 Å². The Morgan fingerprint density at radius 3 is 2.26 bits per heavy atom. The molecular weight excluding hydrogens is 430 g/mol. The molecule has 0 unspecified atom stereocenters. The van der Waals surface area contributed by atoms with Gasteiger partial charge in [0.15, 0.2) is 0 Å². The van der Waals surface area contributed by atoms with Crippen LogP contribution in [-0.4, -0.2) is 4.40 Å². The van der Waals surface area contributed by atoms with Crippen molar-refractivity contribution in [3.8, 4) is 11.1 Å². The lowest BCUT2D eigenvalue weighted by molar-refractivity contribution is 0.603. The third kappa shape index (κ3) is 2.82. The molecule has 0 aliphatic rings. The minimum Gasteiger partial charge on any atom is -0.456 e. The number of para-hydroxylation sites is 1. The highest BCUT2D eigenvalue weighted by Gasteiger charge is 2.19. The second-order valence-electron chi connectivity index (χ2n) is 8.60. The predicted octanol–water partition coefficient (Wildman–Crippen LogP) is 8.42. The third-order valence-corrected chi connectivity index (χ3v) is 6.82. The van der Waals surface area contributed by atoms with Gasteiger partial charge in [0.2, 0.25) is 0 Å². The van der Waals surface area contributed by atoms with Crippen LogP contribution in [0.15, 0.2) is 89.6 Å². The standard InChI is InChI=1S/C32H23NO2/c1-5-10-23-24-15-13-20(18-30(24)35-29(23)8-4)19-14-16-28-27(17-19)26-12-9-11-25-21(6-2)22(7-3)32(34)33(28)31(25)26/h5-18H,2-4H2,1H3/b10-5-. The molecule has 0 atom stereocenters. The molecule has 0 amide bonds. The van der Waals surface area contributed by atoms with Crippen molar-refractivity contribution in [1.82, 2.24) is 4.40 Å². The number of allylic oxidation sites excluding steroid dienone is 1. The van der Waals surface area contributed by atoms with Crippen LogP contribution in [0, 0.1) is 0 Å². The maximum absolute atomic E-state index is 13.5. The van der Waals surface area contributed by atoms with Crippen LogP contribution in [0.25, 0.3) is 73.6 Å². The maximum atomic E-state index is 13.5. The summed E-state index contributed by atoms with van der Waals surface area (Å²) in [7, 11) is 0. The van der Waals surface area contributed by atoms with Crippen LogP contribution in [-0.2, 0) is 0 Å². The number of pyridine rings is 1. The van der Waals surface area contributed by atoms with Gasteiger partial charge in [0, 0.05) is 32.7 Å². The summed E-state index contributed by atoms with van der Waals surface area (Å²) in [5.41, 5.74) is 7.07. The Kier molecular flexibility index (Phi) is 4.61. The van der Waals surface area contributed by atoms with Gasteiger partial charge in [-0.05, 0) is 54.0 Å². The molecule has 6 rings (SSSR count). The van der Waals surface area contributed by atoms with Gasteiger partial charge in [-0.15, -0.1) is 0 Å². The molecule has 0 aliphatic carbocycles. The van der Waals surface area contributed by atoms with Crippen LogP contribution in [0.5, 0.6) is 0 Å². The lowest BCUT2D eigenvalue weighted by Gasteiger charge is -2.08. The molecule has 0 spiro atoms. The van der Waals surface area contributed by atoms with Crippen LogP contribution in [0.3, 0.4) is 0 Å². The molecule has 3 heteroatoms. The molecule has 0 saturated carbocycles. The summed E-state index contributed by atoms with van der Waals surface area (Å²) in [4.78, 5) is 13.5. The number of nitrogens with zero attached hydrogens (tertiary/aromatic N) is 1. The van der Waals surface area contributed by atoms with Gasteiger partial charge in [-0.3, -0.25) is 9.20 Å². The minimum atomic E-state index is -0.0770. The fourth-order valence-corrected chi connectivity index (χ4v) is 5.28. The zero-order chi connectivity index (χ0) is 24.3. The van der Waals surface area contributed by atoms with Crippen molar-refractivity contribution in [2.24, 2.45) is 0 Å². The monoisotopic (exact) mass is 453 g/mol. The summed E-state index contributed by atoms with van der Waals surface area (Å²) >= 11 is 0. The fraction of sp³-hybridized carbons (Fsp3) is 0.0312. The number of hydrogen-bond acceptors (Lipinski definition) is 2. The van der Waals surface area contributed by atoms with Crippen molar-refractivity contribution >= 4 is 62.5 Å². The molecule has 3 nitrogen and oxygen atoms in total. The third-order valence-electron chi connectivity index (χ3n) is 6.82. The molecule has 0 bridgehead atoms. The van der Waals surface area contributed by atoms with Crippen molar-refractivity contribution in [1.29, 1.82) is 0 Å². The first kappa shape index (κ1) is 20.9. The lowest BCUT2D eigenvalue weighted by Crippen LogP contribution is -2.17. The zero-order valence-electron chi connectivity index (χ0n) is 19.5. The molecule has 0 saturated heterocycles. The number of benzene rings is 3. The van der Waals surface area contributed by atoms with Crippen molar-refractivity contribution in [3.63, 3.8) is 0 Å². The Morgan fingerprint density at radius 2 is 1.51 bits per heavy atom. The summed E-state index contributed by atoms with van der Waals surface area (Å²) in [5.74, 6) is 0.766. The van der Waals surface area contributed by atoms with Crippen LogP contribution in [0.1, 0.15) is 29.4 Å². The average molecular weight is 454 g/mol. The van der Waals surface area contributed by atoms with Gasteiger partial charge in [-0.25, -0.2) is 0 Å². The Hall–Kier alpha value is -4.63. The van der Waals surface area contributed by atoms with E-state index in [9.17, 15) is 4.79 Å². The van der Waals surface area contributed by atoms with Gasteiger partial charge in [-0.2, -0.15) is 0 Å². The highest BCUT2D eigenvalue weighted by atomic mass is 16.3. The zero-order valence-corrected chi connectivity index (χ0v) is 19.5. The van der Waals surface area contributed by atoms with Gasteiger partial charge >= 0.3 is 0 Å². The average Bonchev–Trinajstić information content (AvgIpc) is 3.41. The van der Waals surface area contributed by atoms with E-state index in [-0.39, 0.29) is 5.56 Å². The molecule has 3 heterocycles. The Balaban J connectivity index is 1.65. The van der Waals surface area contributed by atoms with E-state index in [1.807, 2.05) is 41.7 Å².